The van der Waals surface area contributed by atoms with Crippen molar-refractivity contribution in [3.05, 3.63) is 58.0 Å². The molecule has 3 aromatic rings. The van der Waals surface area contributed by atoms with Crippen molar-refractivity contribution in [1.29, 1.82) is 0 Å². The van der Waals surface area contributed by atoms with Gasteiger partial charge >= 0.3 is 11.7 Å². The first-order chi connectivity index (χ1) is 17.4. The van der Waals surface area contributed by atoms with E-state index >= 15 is 0 Å². The first-order valence-corrected chi connectivity index (χ1v) is 12.2. The molecule has 1 amide bonds. The minimum atomic E-state index is -0.494. The Morgan fingerprint density at radius 3 is 2.22 bits per heavy atom. The van der Waals surface area contributed by atoms with Gasteiger partial charge in [-0.25, -0.2) is 4.79 Å². The molecule has 9 nitrogen and oxygen atoms in total. The number of imidazole rings is 1. The van der Waals surface area contributed by atoms with Gasteiger partial charge in [0.15, 0.2) is 11.5 Å². The molecule has 0 N–H and O–H groups in total. The Labute approximate surface area is 210 Å². The molecular weight excluding hydrogens is 462 g/mol. The Balaban J connectivity index is 1.63. The Morgan fingerprint density at radius 2 is 1.61 bits per heavy atom. The summed E-state index contributed by atoms with van der Waals surface area (Å²) in [6.07, 6.45) is 1.62. The Bertz CT molecular complexity index is 1330. The normalized spacial score (nSPS) is 15.0. The highest BCUT2D eigenvalue weighted by atomic mass is 16.5. The largest absolute Gasteiger partial charge is 0.493 e. The smallest absolute Gasteiger partial charge is 0.329 e. The molecule has 1 aromatic heterocycles. The summed E-state index contributed by atoms with van der Waals surface area (Å²) < 4.78 is 19.3. The van der Waals surface area contributed by atoms with Gasteiger partial charge < -0.3 is 19.1 Å². The molecule has 0 saturated heterocycles. The molecule has 0 radical (unpaired) electrons. The van der Waals surface area contributed by atoms with Crippen molar-refractivity contribution in [3.63, 3.8) is 0 Å². The zero-order chi connectivity index (χ0) is 25.8. The van der Waals surface area contributed by atoms with E-state index in [0.29, 0.717) is 31.0 Å². The first kappa shape index (κ1) is 25.3. The van der Waals surface area contributed by atoms with E-state index in [1.54, 1.807) is 28.3 Å². The second kappa shape index (κ2) is 10.9. The Morgan fingerprint density at radius 1 is 0.972 bits per heavy atom. The molecule has 2 aromatic carbocycles. The standard InChI is InChI=1S/C27H33N3O6/c1-5-12-29-20-8-6-7-9-21(20)30(27(29)33)14-11-25(31)28-13-10-18-15-23(34-2)24(35-3)16-19(18)22(28)17-26(32)36-4/h6-9,15-16,22H,5,10-14,17H2,1-4H3. The molecule has 1 aliphatic heterocycles. The quantitative estimate of drug-likeness (QED) is 0.423. The van der Waals surface area contributed by atoms with Gasteiger partial charge in [0.2, 0.25) is 5.91 Å². The first-order valence-electron chi connectivity index (χ1n) is 12.2. The molecule has 0 spiro atoms. The number of esters is 1. The van der Waals surface area contributed by atoms with Gasteiger partial charge in [-0.1, -0.05) is 19.1 Å². The average Bonchev–Trinajstić information content (AvgIpc) is 3.17. The van der Waals surface area contributed by atoms with Crippen molar-refractivity contribution in [2.75, 3.05) is 27.9 Å². The van der Waals surface area contributed by atoms with Crippen molar-refractivity contribution in [1.82, 2.24) is 14.0 Å². The minimum absolute atomic E-state index is 0.0283. The van der Waals surface area contributed by atoms with Crippen LogP contribution in [0.2, 0.25) is 0 Å². The lowest BCUT2D eigenvalue weighted by molar-refractivity contribution is -0.144. The second-order valence-corrected chi connectivity index (χ2v) is 8.86. The summed E-state index contributed by atoms with van der Waals surface area (Å²) in [5.41, 5.74) is 3.42. The number of rotatable bonds is 9. The van der Waals surface area contributed by atoms with Crippen LogP contribution in [0.4, 0.5) is 0 Å². The highest BCUT2D eigenvalue weighted by Crippen LogP contribution is 2.39. The highest BCUT2D eigenvalue weighted by Gasteiger charge is 2.34. The van der Waals surface area contributed by atoms with Crippen LogP contribution in [0.5, 0.6) is 11.5 Å². The third kappa shape index (κ3) is 4.69. The fourth-order valence-corrected chi connectivity index (χ4v) is 5.07. The van der Waals surface area contributed by atoms with E-state index in [0.717, 1.165) is 28.6 Å². The summed E-state index contributed by atoms with van der Waals surface area (Å²) >= 11 is 0. The van der Waals surface area contributed by atoms with Crippen LogP contribution >= 0.6 is 0 Å². The molecule has 2 heterocycles. The molecule has 0 bridgehead atoms. The van der Waals surface area contributed by atoms with E-state index in [2.05, 4.69) is 0 Å². The summed E-state index contributed by atoms with van der Waals surface area (Å²) in [5, 5.41) is 0. The number of methoxy groups -OCH3 is 3. The minimum Gasteiger partial charge on any atom is -0.493 e. The highest BCUT2D eigenvalue weighted by molar-refractivity contribution is 5.80. The molecule has 1 unspecified atom stereocenters. The van der Waals surface area contributed by atoms with Crippen LogP contribution in [0.25, 0.3) is 11.0 Å². The number of ether oxygens (including phenoxy) is 3. The maximum atomic E-state index is 13.5. The van der Waals surface area contributed by atoms with Gasteiger partial charge in [-0.2, -0.15) is 0 Å². The number of carbonyl (C=O) groups excluding carboxylic acids is 2. The van der Waals surface area contributed by atoms with E-state index in [9.17, 15) is 14.4 Å². The van der Waals surface area contributed by atoms with E-state index in [1.165, 1.54) is 7.11 Å². The van der Waals surface area contributed by atoms with Gasteiger partial charge in [-0.3, -0.25) is 18.7 Å². The zero-order valence-electron chi connectivity index (χ0n) is 21.3. The maximum absolute atomic E-state index is 13.5. The number of nitrogens with zero attached hydrogens (tertiary/aromatic N) is 3. The van der Waals surface area contributed by atoms with Crippen molar-refractivity contribution in [2.45, 2.75) is 51.7 Å². The predicted octanol–water partition coefficient (Wildman–Crippen LogP) is 3.31. The van der Waals surface area contributed by atoms with Crippen LogP contribution in [-0.4, -0.2) is 53.8 Å². The van der Waals surface area contributed by atoms with Crippen LogP contribution in [-0.2, 0) is 33.8 Å². The zero-order valence-corrected chi connectivity index (χ0v) is 21.3. The van der Waals surface area contributed by atoms with Gasteiger partial charge in [0, 0.05) is 26.1 Å². The van der Waals surface area contributed by atoms with Crippen molar-refractivity contribution in [2.24, 2.45) is 0 Å². The number of hydrogen-bond donors (Lipinski definition) is 0. The summed E-state index contributed by atoms with van der Waals surface area (Å²) in [6.45, 7) is 3.36. The lowest BCUT2D eigenvalue weighted by Gasteiger charge is -2.37. The molecule has 192 valence electrons. The van der Waals surface area contributed by atoms with Crippen LogP contribution in [0.15, 0.2) is 41.2 Å². The third-order valence-electron chi connectivity index (χ3n) is 6.83. The number of aryl methyl sites for hydroxylation is 2. The number of carbonyl (C=O) groups is 2. The number of amides is 1. The van der Waals surface area contributed by atoms with Crippen LogP contribution in [0.3, 0.4) is 0 Å². The molecule has 36 heavy (non-hydrogen) atoms. The van der Waals surface area contributed by atoms with Gasteiger partial charge in [0.05, 0.1) is 44.8 Å². The van der Waals surface area contributed by atoms with Gasteiger partial charge in [-0.15, -0.1) is 0 Å². The average molecular weight is 496 g/mol. The molecule has 0 aliphatic carbocycles. The van der Waals surface area contributed by atoms with Crippen LogP contribution in [0.1, 0.15) is 43.4 Å². The second-order valence-electron chi connectivity index (χ2n) is 8.86. The fraction of sp³-hybridized carbons (Fsp3) is 0.444. The van der Waals surface area contributed by atoms with Crippen molar-refractivity contribution < 1.29 is 23.8 Å². The Kier molecular flexibility index (Phi) is 7.67. The molecule has 4 rings (SSSR count). The summed E-state index contributed by atoms with van der Waals surface area (Å²) in [7, 11) is 4.47. The van der Waals surface area contributed by atoms with E-state index < -0.39 is 12.0 Å². The van der Waals surface area contributed by atoms with Gasteiger partial charge in [0.1, 0.15) is 0 Å². The SMILES string of the molecule is CCCn1c(=O)n(CCC(=O)N2CCc3cc(OC)c(OC)cc3C2CC(=O)OC)c2ccccc21. The lowest BCUT2D eigenvalue weighted by atomic mass is 9.89. The predicted molar refractivity (Wildman–Crippen MR) is 135 cm³/mol. The Hall–Kier alpha value is -3.75. The van der Waals surface area contributed by atoms with E-state index in [4.69, 9.17) is 14.2 Å². The number of para-hydroxylation sites is 2. The topological polar surface area (TPSA) is 92.0 Å². The molecular formula is C27H33N3O6. The van der Waals surface area contributed by atoms with Gasteiger partial charge in [-0.05, 0) is 48.2 Å². The van der Waals surface area contributed by atoms with Crippen molar-refractivity contribution >= 4 is 22.9 Å². The number of fused-ring (bicyclic) bond motifs is 2. The number of aromatic nitrogens is 2. The van der Waals surface area contributed by atoms with E-state index in [-0.39, 0.29) is 31.0 Å². The molecule has 1 aliphatic rings. The summed E-state index contributed by atoms with van der Waals surface area (Å²) in [4.78, 5) is 40.7. The monoisotopic (exact) mass is 495 g/mol. The number of benzene rings is 2. The van der Waals surface area contributed by atoms with Crippen molar-refractivity contribution in [3.8, 4) is 11.5 Å². The lowest BCUT2D eigenvalue weighted by Crippen LogP contribution is -2.41. The van der Waals surface area contributed by atoms with Crippen LogP contribution in [0, 0.1) is 0 Å². The third-order valence-corrected chi connectivity index (χ3v) is 6.83. The van der Waals surface area contributed by atoms with Gasteiger partial charge in [0.25, 0.3) is 0 Å². The molecule has 0 fully saturated rings. The summed E-state index contributed by atoms with van der Waals surface area (Å²) in [6, 6.07) is 10.9. The summed E-state index contributed by atoms with van der Waals surface area (Å²) in [5.74, 6) is 0.620. The molecule has 0 saturated carbocycles. The molecule has 9 heteroatoms. The van der Waals surface area contributed by atoms with E-state index in [1.807, 2.05) is 43.3 Å². The number of hydrogen-bond acceptors (Lipinski definition) is 6. The maximum Gasteiger partial charge on any atom is 0.329 e. The fourth-order valence-electron chi connectivity index (χ4n) is 5.07. The van der Waals surface area contributed by atoms with Crippen LogP contribution < -0.4 is 15.2 Å². The molecule has 1 atom stereocenters.